The molecule has 0 spiro atoms. The minimum atomic E-state index is -0.799. The van der Waals surface area contributed by atoms with Crippen LogP contribution in [0.3, 0.4) is 0 Å². The van der Waals surface area contributed by atoms with E-state index in [1.165, 1.54) is 0 Å². The SMILES string of the molecule is Cc1ccc(OC(=O)n2cc([N+](=O)[O-])cn2)cc1. The van der Waals surface area contributed by atoms with Gasteiger partial charge in [0, 0.05) is 0 Å². The molecule has 0 atom stereocenters. The molecule has 0 aliphatic heterocycles. The molecule has 2 rings (SSSR count). The van der Waals surface area contributed by atoms with E-state index >= 15 is 0 Å². The molecule has 7 nitrogen and oxygen atoms in total. The second-order valence-corrected chi connectivity index (χ2v) is 3.58. The van der Waals surface area contributed by atoms with Crippen molar-refractivity contribution >= 4 is 11.8 Å². The molecule has 0 N–H and O–H groups in total. The van der Waals surface area contributed by atoms with Crippen molar-refractivity contribution in [3.63, 3.8) is 0 Å². The standard InChI is InChI=1S/C11H9N3O4/c1-8-2-4-10(5-3-8)18-11(15)13-7-9(6-12-13)14(16)17/h2-7H,1H3. The summed E-state index contributed by atoms with van der Waals surface area (Å²) in [7, 11) is 0. The van der Waals surface area contributed by atoms with Crippen molar-refractivity contribution in [1.82, 2.24) is 9.78 Å². The molecule has 0 aliphatic rings. The van der Waals surface area contributed by atoms with Crippen molar-refractivity contribution < 1.29 is 14.5 Å². The zero-order valence-corrected chi connectivity index (χ0v) is 9.44. The summed E-state index contributed by atoms with van der Waals surface area (Å²) < 4.78 is 5.76. The Labute approximate surface area is 102 Å². The highest BCUT2D eigenvalue weighted by Gasteiger charge is 2.15. The predicted octanol–water partition coefficient (Wildman–Crippen LogP) is 2.15. The van der Waals surface area contributed by atoms with Crippen LogP contribution in [-0.4, -0.2) is 20.8 Å². The van der Waals surface area contributed by atoms with E-state index in [2.05, 4.69) is 5.10 Å². The van der Waals surface area contributed by atoms with Crippen LogP contribution in [0.5, 0.6) is 5.75 Å². The summed E-state index contributed by atoms with van der Waals surface area (Å²) in [6.45, 7) is 1.91. The summed E-state index contributed by atoms with van der Waals surface area (Å²) in [5.41, 5.74) is 0.764. The maximum atomic E-state index is 11.6. The summed E-state index contributed by atoms with van der Waals surface area (Å²) >= 11 is 0. The molecule has 0 saturated heterocycles. The van der Waals surface area contributed by atoms with Gasteiger partial charge in [-0.05, 0) is 19.1 Å². The highest BCUT2D eigenvalue weighted by Crippen LogP contribution is 2.13. The quantitative estimate of drug-likeness (QED) is 0.599. The van der Waals surface area contributed by atoms with Crippen LogP contribution in [-0.2, 0) is 0 Å². The van der Waals surface area contributed by atoms with Crippen molar-refractivity contribution in [3.8, 4) is 5.75 Å². The third-order valence-electron chi connectivity index (χ3n) is 2.19. The summed E-state index contributed by atoms with van der Waals surface area (Å²) in [5.74, 6) is 0.351. The number of rotatable bonds is 2. The van der Waals surface area contributed by atoms with Crippen LogP contribution in [0, 0.1) is 17.0 Å². The molecule has 92 valence electrons. The Balaban J connectivity index is 2.11. The van der Waals surface area contributed by atoms with Gasteiger partial charge in [-0.25, -0.2) is 4.79 Å². The normalized spacial score (nSPS) is 10.1. The van der Waals surface area contributed by atoms with Gasteiger partial charge in [0.25, 0.3) is 0 Å². The molecule has 1 aromatic carbocycles. The maximum absolute atomic E-state index is 11.6. The van der Waals surface area contributed by atoms with Gasteiger partial charge in [0.2, 0.25) is 0 Å². The van der Waals surface area contributed by atoms with Gasteiger partial charge in [0.1, 0.15) is 18.1 Å². The van der Waals surface area contributed by atoms with Crippen molar-refractivity contribution in [1.29, 1.82) is 0 Å². The topological polar surface area (TPSA) is 87.3 Å². The minimum absolute atomic E-state index is 0.268. The number of nitrogens with zero attached hydrogens (tertiary/aromatic N) is 3. The second kappa shape index (κ2) is 4.66. The van der Waals surface area contributed by atoms with Crippen molar-refractivity contribution in [3.05, 3.63) is 52.3 Å². The molecule has 0 radical (unpaired) electrons. The second-order valence-electron chi connectivity index (χ2n) is 3.58. The van der Waals surface area contributed by atoms with Gasteiger partial charge in [-0.2, -0.15) is 9.78 Å². The lowest BCUT2D eigenvalue weighted by molar-refractivity contribution is -0.384. The number of ether oxygens (including phenoxy) is 1. The molecule has 0 aliphatic carbocycles. The van der Waals surface area contributed by atoms with Gasteiger partial charge in [0.15, 0.2) is 0 Å². The van der Waals surface area contributed by atoms with E-state index in [4.69, 9.17) is 4.74 Å². The summed E-state index contributed by atoms with van der Waals surface area (Å²) in [5, 5.41) is 14.0. The zero-order chi connectivity index (χ0) is 13.1. The average molecular weight is 247 g/mol. The Kier molecular flexibility index (Phi) is 3.05. The molecule has 7 heteroatoms. The lowest BCUT2D eigenvalue weighted by Gasteiger charge is -2.03. The van der Waals surface area contributed by atoms with Crippen molar-refractivity contribution in [2.24, 2.45) is 0 Å². The molecule has 1 heterocycles. The van der Waals surface area contributed by atoms with Crippen molar-refractivity contribution in [2.45, 2.75) is 6.92 Å². The van der Waals surface area contributed by atoms with E-state index in [-0.39, 0.29) is 5.69 Å². The van der Waals surface area contributed by atoms with Gasteiger partial charge in [-0.1, -0.05) is 17.7 Å². The van der Waals surface area contributed by atoms with E-state index < -0.39 is 11.0 Å². The molecular formula is C11H9N3O4. The Morgan fingerprint density at radius 3 is 2.61 bits per heavy atom. The fraction of sp³-hybridized carbons (Fsp3) is 0.0909. The average Bonchev–Trinajstić information content (AvgIpc) is 2.81. The molecular weight excluding hydrogens is 238 g/mol. The third kappa shape index (κ3) is 2.51. The number of nitro groups is 1. The molecule has 0 amide bonds. The fourth-order valence-electron chi connectivity index (χ4n) is 1.26. The Bertz CT molecular complexity index is 589. The molecule has 1 aromatic heterocycles. The monoisotopic (exact) mass is 247 g/mol. The molecule has 0 fully saturated rings. The molecule has 0 bridgehead atoms. The number of benzene rings is 1. The highest BCUT2D eigenvalue weighted by molar-refractivity contribution is 5.72. The van der Waals surface area contributed by atoms with Gasteiger partial charge in [-0.3, -0.25) is 10.1 Å². The first-order chi connectivity index (χ1) is 8.56. The predicted molar refractivity (Wildman–Crippen MR) is 61.5 cm³/mol. The van der Waals surface area contributed by atoms with Crippen LogP contribution in [0.2, 0.25) is 0 Å². The minimum Gasteiger partial charge on any atom is -0.409 e. The molecule has 0 saturated carbocycles. The number of hydrogen-bond acceptors (Lipinski definition) is 5. The van der Waals surface area contributed by atoms with E-state index in [0.717, 1.165) is 22.6 Å². The van der Waals surface area contributed by atoms with Gasteiger partial charge in [-0.15, -0.1) is 0 Å². The van der Waals surface area contributed by atoms with Gasteiger partial charge >= 0.3 is 11.8 Å². The summed E-state index contributed by atoms with van der Waals surface area (Å²) in [6, 6.07) is 6.83. The van der Waals surface area contributed by atoms with E-state index in [0.29, 0.717) is 5.75 Å². The Morgan fingerprint density at radius 1 is 1.39 bits per heavy atom. The first-order valence-electron chi connectivity index (χ1n) is 5.04. The Hall–Kier alpha value is -2.70. The van der Waals surface area contributed by atoms with Gasteiger partial charge < -0.3 is 4.74 Å². The maximum Gasteiger partial charge on any atom is 0.440 e. The number of carbonyl (C=O) groups excluding carboxylic acids is 1. The number of aromatic nitrogens is 2. The number of hydrogen-bond donors (Lipinski definition) is 0. The molecule has 2 aromatic rings. The van der Waals surface area contributed by atoms with Crippen LogP contribution in [0.25, 0.3) is 0 Å². The molecule has 0 unspecified atom stereocenters. The fourth-order valence-corrected chi connectivity index (χ4v) is 1.26. The van der Waals surface area contributed by atoms with Crippen LogP contribution < -0.4 is 4.74 Å². The lowest BCUT2D eigenvalue weighted by Crippen LogP contribution is -2.17. The summed E-state index contributed by atoms with van der Waals surface area (Å²) in [6.07, 6.45) is 1.18. The third-order valence-corrected chi connectivity index (χ3v) is 2.19. The van der Waals surface area contributed by atoms with Crippen LogP contribution >= 0.6 is 0 Å². The highest BCUT2D eigenvalue weighted by atomic mass is 16.6. The Morgan fingerprint density at radius 2 is 2.06 bits per heavy atom. The van der Waals surface area contributed by atoms with E-state index in [1.54, 1.807) is 24.3 Å². The summed E-state index contributed by atoms with van der Waals surface area (Å²) in [4.78, 5) is 21.4. The van der Waals surface area contributed by atoms with E-state index in [1.807, 2.05) is 6.92 Å². The van der Waals surface area contributed by atoms with E-state index in [9.17, 15) is 14.9 Å². The van der Waals surface area contributed by atoms with Crippen LogP contribution in [0.4, 0.5) is 10.5 Å². The number of aryl methyl sites for hydroxylation is 1. The van der Waals surface area contributed by atoms with Crippen molar-refractivity contribution in [2.75, 3.05) is 0 Å². The first-order valence-corrected chi connectivity index (χ1v) is 5.04. The smallest absolute Gasteiger partial charge is 0.409 e. The van der Waals surface area contributed by atoms with Crippen LogP contribution in [0.1, 0.15) is 5.56 Å². The largest absolute Gasteiger partial charge is 0.440 e. The number of carbonyl (C=O) groups is 1. The first kappa shape index (κ1) is 11.8. The van der Waals surface area contributed by atoms with Gasteiger partial charge in [0.05, 0.1) is 4.92 Å². The zero-order valence-electron chi connectivity index (χ0n) is 9.44. The lowest BCUT2D eigenvalue weighted by atomic mass is 10.2. The molecule has 18 heavy (non-hydrogen) atoms. The van der Waals surface area contributed by atoms with Crippen LogP contribution in [0.15, 0.2) is 36.7 Å².